The van der Waals surface area contributed by atoms with Gasteiger partial charge in [-0.05, 0) is 36.6 Å². The third-order valence-corrected chi connectivity index (χ3v) is 6.45. The van der Waals surface area contributed by atoms with E-state index in [0.29, 0.717) is 24.9 Å². The maximum Gasteiger partial charge on any atom is 0.129 e. The maximum absolute atomic E-state index is 13.6. The number of nitrogens with one attached hydrogen (secondary N) is 3. The second-order valence-electron chi connectivity index (χ2n) is 8.26. The molecule has 5 heterocycles. The third kappa shape index (κ3) is 3.73. The van der Waals surface area contributed by atoms with Crippen LogP contribution in [0.15, 0.2) is 42.7 Å². The van der Waals surface area contributed by atoms with Crippen LogP contribution in [0.5, 0.6) is 0 Å². The second-order valence-corrected chi connectivity index (χ2v) is 8.26. The first-order chi connectivity index (χ1) is 14.2. The van der Waals surface area contributed by atoms with E-state index in [9.17, 15) is 9.50 Å². The van der Waals surface area contributed by atoms with E-state index in [1.165, 1.54) is 5.56 Å². The normalized spacial score (nSPS) is 34.8. The molecule has 29 heavy (non-hydrogen) atoms. The zero-order chi connectivity index (χ0) is 19.8. The number of β-amino-alcohol motifs (C(OH)–C–C–N with tert-alkyl or cyclic N) is 1. The van der Waals surface area contributed by atoms with Gasteiger partial charge in [0.1, 0.15) is 18.1 Å². The fraction of sp³-hybridized carbons (Fsp3) is 0.524. The van der Waals surface area contributed by atoms with Crippen molar-refractivity contribution in [2.24, 2.45) is 5.92 Å². The van der Waals surface area contributed by atoms with Crippen molar-refractivity contribution in [1.29, 1.82) is 0 Å². The van der Waals surface area contributed by atoms with Crippen molar-refractivity contribution in [3.8, 4) is 0 Å². The highest BCUT2D eigenvalue weighted by atomic mass is 19.1. The summed E-state index contributed by atoms with van der Waals surface area (Å²) in [6.45, 7) is 1.74. The van der Waals surface area contributed by atoms with Crippen LogP contribution in [0, 0.1) is 5.92 Å². The topological polar surface area (TPSA) is 85.3 Å². The molecule has 0 radical (unpaired) electrons. The van der Waals surface area contributed by atoms with Crippen LogP contribution < -0.4 is 21.1 Å². The van der Waals surface area contributed by atoms with Crippen LogP contribution in [-0.2, 0) is 0 Å². The first-order valence-electron chi connectivity index (χ1n) is 10.4. The minimum absolute atomic E-state index is 0.102. The zero-order valence-electron chi connectivity index (χ0n) is 16.2. The Kier molecular flexibility index (Phi) is 5.17. The molecule has 2 aromatic heterocycles. The summed E-state index contributed by atoms with van der Waals surface area (Å²) in [6.07, 6.45) is 2.96. The SMILES string of the molecule is OC1CN(c2cccc(C3NNC4CNC(c5cccnc5)CC43)n2)CCC1F. The highest BCUT2D eigenvalue weighted by Crippen LogP contribution is 2.38. The molecule has 3 aliphatic rings. The average molecular weight is 398 g/mol. The summed E-state index contributed by atoms with van der Waals surface area (Å²) in [5.41, 5.74) is 9.04. The predicted octanol–water partition coefficient (Wildman–Crippen LogP) is 1.25. The summed E-state index contributed by atoms with van der Waals surface area (Å²) < 4.78 is 13.6. The summed E-state index contributed by atoms with van der Waals surface area (Å²) in [7, 11) is 0. The Balaban J connectivity index is 1.34. The molecule has 2 aromatic rings. The Morgan fingerprint density at radius 2 is 2.10 bits per heavy atom. The molecular weight excluding hydrogens is 371 g/mol. The number of fused-ring (bicyclic) bond motifs is 1. The van der Waals surface area contributed by atoms with Crippen LogP contribution in [0.4, 0.5) is 10.2 Å². The number of nitrogens with zero attached hydrogens (tertiary/aromatic N) is 3. The van der Waals surface area contributed by atoms with Crippen molar-refractivity contribution in [1.82, 2.24) is 26.1 Å². The minimum atomic E-state index is -1.14. The van der Waals surface area contributed by atoms with Gasteiger partial charge in [0.15, 0.2) is 0 Å². The van der Waals surface area contributed by atoms with Gasteiger partial charge in [0.25, 0.3) is 0 Å². The van der Waals surface area contributed by atoms with Crippen LogP contribution in [-0.4, -0.2) is 53.0 Å². The number of rotatable bonds is 3. The van der Waals surface area contributed by atoms with Gasteiger partial charge in [-0.3, -0.25) is 10.4 Å². The van der Waals surface area contributed by atoms with Crippen molar-refractivity contribution in [3.05, 3.63) is 54.0 Å². The number of aliphatic hydroxyl groups excluding tert-OH is 1. The Hall–Kier alpha value is -2.13. The largest absolute Gasteiger partial charge is 0.388 e. The molecule has 7 nitrogen and oxygen atoms in total. The lowest BCUT2D eigenvalue weighted by Gasteiger charge is -2.35. The van der Waals surface area contributed by atoms with Gasteiger partial charge >= 0.3 is 0 Å². The molecule has 3 aliphatic heterocycles. The van der Waals surface area contributed by atoms with Gasteiger partial charge in [0, 0.05) is 50.0 Å². The first-order valence-corrected chi connectivity index (χ1v) is 10.4. The van der Waals surface area contributed by atoms with Crippen LogP contribution >= 0.6 is 0 Å². The van der Waals surface area contributed by atoms with E-state index in [0.717, 1.165) is 24.5 Å². The van der Waals surface area contributed by atoms with Gasteiger partial charge in [-0.1, -0.05) is 12.1 Å². The molecule has 0 saturated carbocycles. The van der Waals surface area contributed by atoms with Gasteiger partial charge in [0.05, 0.1) is 11.7 Å². The number of anilines is 1. The van der Waals surface area contributed by atoms with E-state index in [-0.39, 0.29) is 18.6 Å². The molecule has 3 fully saturated rings. The molecule has 154 valence electrons. The molecule has 5 rings (SSSR count). The quantitative estimate of drug-likeness (QED) is 0.619. The zero-order valence-corrected chi connectivity index (χ0v) is 16.2. The molecule has 0 bridgehead atoms. The van der Waals surface area contributed by atoms with Crippen molar-refractivity contribution in [2.75, 3.05) is 24.5 Å². The summed E-state index contributed by atoms with van der Waals surface area (Å²) in [5.74, 6) is 1.20. The molecule has 8 heteroatoms. The van der Waals surface area contributed by atoms with Gasteiger partial charge < -0.3 is 15.3 Å². The second kappa shape index (κ2) is 7.95. The molecule has 6 atom stereocenters. The number of hydrazine groups is 1. The van der Waals surface area contributed by atoms with E-state index in [1.54, 1.807) is 6.20 Å². The third-order valence-electron chi connectivity index (χ3n) is 6.45. The molecule has 3 saturated heterocycles. The van der Waals surface area contributed by atoms with E-state index in [4.69, 9.17) is 4.98 Å². The summed E-state index contributed by atoms with van der Waals surface area (Å²) >= 11 is 0. The number of piperidine rings is 2. The monoisotopic (exact) mass is 398 g/mol. The van der Waals surface area contributed by atoms with Gasteiger partial charge in [0.2, 0.25) is 0 Å². The van der Waals surface area contributed by atoms with Crippen LogP contribution in [0.2, 0.25) is 0 Å². The highest BCUT2D eigenvalue weighted by molar-refractivity contribution is 5.41. The predicted molar refractivity (Wildman–Crippen MR) is 108 cm³/mol. The van der Waals surface area contributed by atoms with E-state index in [1.807, 2.05) is 35.4 Å². The Bertz CT molecular complexity index is 839. The number of aromatic nitrogens is 2. The van der Waals surface area contributed by atoms with Crippen molar-refractivity contribution in [2.45, 2.75) is 43.2 Å². The lowest BCUT2D eigenvalue weighted by Crippen LogP contribution is -2.46. The van der Waals surface area contributed by atoms with Crippen LogP contribution in [0.1, 0.15) is 36.2 Å². The first kappa shape index (κ1) is 18.9. The number of aliphatic hydroxyl groups is 1. The summed E-state index contributed by atoms with van der Waals surface area (Å²) in [4.78, 5) is 11.1. The molecule has 6 unspecified atom stereocenters. The van der Waals surface area contributed by atoms with E-state index < -0.39 is 12.3 Å². The number of pyridine rings is 2. The molecule has 0 spiro atoms. The molecule has 4 N–H and O–H groups in total. The Morgan fingerprint density at radius 3 is 2.93 bits per heavy atom. The van der Waals surface area contributed by atoms with Gasteiger partial charge in [-0.2, -0.15) is 0 Å². The average Bonchev–Trinajstić information content (AvgIpc) is 3.20. The van der Waals surface area contributed by atoms with E-state index >= 15 is 0 Å². The standard InChI is InChI=1S/C21H27FN6O/c22-15-6-8-28(12-19(15)29)20-5-1-4-16(25-20)21-14-9-17(13-3-2-7-23-10-13)24-11-18(14)26-27-21/h1-5,7,10,14-15,17-19,21,24,26-27,29H,6,8-9,11-12H2. The number of halogens is 1. The van der Waals surface area contributed by atoms with Crippen molar-refractivity contribution < 1.29 is 9.50 Å². The summed E-state index contributed by atoms with van der Waals surface area (Å²) in [5, 5.41) is 13.5. The Labute approximate surface area is 169 Å². The number of hydrogen-bond acceptors (Lipinski definition) is 7. The minimum Gasteiger partial charge on any atom is -0.388 e. The van der Waals surface area contributed by atoms with Gasteiger partial charge in [-0.25, -0.2) is 14.8 Å². The smallest absolute Gasteiger partial charge is 0.129 e. The highest BCUT2D eigenvalue weighted by Gasteiger charge is 2.42. The molecule has 0 aromatic carbocycles. The van der Waals surface area contributed by atoms with Crippen LogP contribution in [0.3, 0.4) is 0 Å². The molecule has 0 amide bonds. The molecule has 0 aliphatic carbocycles. The summed E-state index contributed by atoms with van der Waals surface area (Å²) in [6, 6.07) is 10.8. The van der Waals surface area contributed by atoms with Crippen molar-refractivity contribution in [3.63, 3.8) is 0 Å². The number of hydrogen-bond donors (Lipinski definition) is 4. The molecular formula is C21H27FN6O. The lowest BCUT2D eigenvalue weighted by molar-refractivity contribution is 0.0642. The van der Waals surface area contributed by atoms with Gasteiger partial charge in [-0.15, -0.1) is 0 Å². The fourth-order valence-corrected chi connectivity index (χ4v) is 4.80. The maximum atomic E-state index is 13.6. The number of alkyl halides is 1. The fourth-order valence-electron chi connectivity index (χ4n) is 4.80. The van der Waals surface area contributed by atoms with E-state index in [2.05, 4.69) is 27.2 Å². The Morgan fingerprint density at radius 1 is 1.17 bits per heavy atom. The lowest BCUT2D eigenvalue weighted by atomic mass is 9.81. The van der Waals surface area contributed by atoms with Crippen molar-refractivity contribution >= 4 is 5.82 Å². The van der Waals surface area contributed by atoms with Crippen LogP contribution in [0.25, 0.3) is 0 Å².